The van der Waals surface area contributed by atoms with Gasteiger partial charge in [0, 0.05) is 30.7 Å². The van der Waals surface area contributed by atoms with Gasteiger partial charge in [0.05, 0.1) is 6.61 Å². The van der Waals surface area contributed by atoms with Gasteiger partial charge in [-0.3, -0.25) is 14.4 Å². The number of hydrogen-bond acceptors (Lipinski definition) is 5. The molecular formula is C32H51NO5. The molecule has 0 rings (SSSR count). The van der Waals surface area contributed by atoms with E-state index in [-0.39, 0.29) is 43.7 Å². The van der Waals surface area contributed by atoms with Gasteiger partial charge in [-0.15, -0.1) is 0 Å². The smallest absolute Gasteiger partial charge is 0.305 e. The maximum atomic E-state index is 12.2. The van der Waals surface area contributed by atoms with Crippen molar-refractivity contribution in [3.8, 4) is 0 Å². The van der Waals surface area contributed by atoms with Crippen LogP contribution in [0.4, 0.5) is 0 Å². The van der Waals surface area contributed by atoms with Gasteiger partial charge in [0.1, 0.15) is 11.9 Å². The maximum absolute atomic E-state index is 12.2. The van der Waals surface area contributed by atoms with Crippen LogP contribution in [0, 0.1) is 11.3 Å². The van der Waals surface area contributed by atoms with Crippen molar-refractivity contribution in [2.24, 2.45) is 11.3 Å². The Morgan fingerprint density at radius 3 is 1.82 bits per heavy atom. The normalized spacial score (nSPS) is 13.6. The number of aliphatic hydroxyl groups excluding tert-OH is 1. The Kier molecular flexibility index (Phi) is 20.7. The first-order valence-corrected chi connectivity index (χ1v) is 14.0. The second-order valence-corrected chi connectivity index (χ2v) is 10.3. The van der Waals surface area contributed by atoms with E-state index in [1.165, 1.54) is 0 Å². The summed E-state index contributed by atoms with van der Waals surface area (Å²) in [5.74, 6) is -0.951. The van der Waals surface area contributed by atoms with Crippen LogP contribution in [0.25, 0.3) is 0 Å². The fourth-order valence-corrected chi connectivity index (χ4v) is 3.20. The molecule has 38 heavy (non-hydrogen) atoms. The van der Waals surface area contributed by atoms with E-state index in [0.717, 1.165) is 38.5 Å². The van der Waals surface area contributed by atoms with Crippen LogP contribution in [0.15, 0.2) is 60.8 Å². The van der Waals surface area contributed by atoms with E-state index in [9.17, 15) is 19.5 Å². The molecule has 6 nitrogen and oxygen atoms in total. The van der Waals surface area contributed by atoms with Gasteiger partial charge in [0.25, 0.3) is 0 Å². The van der Waals surface area contributed by atoms with E-state index in [1.54, 1.807) is 27.7 Å². The fraction of sp³-hybridized carbons (Fsp3) is 0.594. The third kappa shape index (κ3) is 19.4. The summed E-state index contributed by atoms with van der Waals surface area (Å²) < 4.78 is 5.30. The zero-order valence-corrected chi connectivity index (χ0v) is 24.3. The molecule has 0 spiro atoms. The summed E-state index contributed by atoms with van der Waals surface area (Å²) in [5.41, 5.74) is -0.939. The number of carbonyl (C=O) groups excluding carboxylic acids is 3. The van der Waals surface area contributed by atoms with Gasteiger partial charge in [-0.05, 0) is 44.9 Å². The average Bonchev–Trinajstić information content (AvgIpc) is 2.88. The van der Waals surface area contributed by atoms with Crippen LogP contribution < -0.4 is 5.32 Å². The number of allylic oxidation sites excluding steroid dienone is 10. The zero-order valence-electron chi connectivity index (χ0n) is 24.3. The van der Waals surface area contributed by atoms with Gasteiger partial charge in [0.2, 0.25) is 5.91 Å². The van der Waals surface area contributed by atoms with Gasteiger partial charge in [-0.2, -0.15) is 0 Å². The number of aliphatic hydroxyl groups is 1. The Balaban J connectivity index is 3.98. The summed E-state index contributed by atoms with van der Waals surface area (Å²) in [6.07, 6.45) is 27.0. The van der Waals surface area contributed by atoms with Crippen molar-refractivity contribution in [3.63, 3.8) is 0 Å². The van der Waals surface area contributed by atoms with Crippen molar-refractivity contribution in [2.75, 3.05) is 13.2 Å². The Bertz CT molecular complexity index is 818. The third-order valence-corrected chi connectivity index (χ3v) is 5.82. The molecule has 0 saturated heterocycles. The first-order chi connectivity index (χ1) is 18.1. The van der Waals surface area contributed by atoms with Crippen LogP contribution in [0.3, 0.4) is 0 Å². The number of nitrogens with one attached hydrogen (secondary N) is 1. The summed E-state index contributed by atoms with van der Waals surface area (Å²) in [6.45, 7) is 9.20. The molecule has 1 amide bonds. The Morgan fingerprint density at radius 1 is 0.816 bits per heavy atom. The molecule has 0 aromatic carbocycles. The van der Waals surface area contributed by atoms with E-state index in [2.05, 4.69) is 73.0 Å². The molecule has 0 aromatic rings. The molecule has 0 heterocycles. The zero-order chi connectivity index (χ0) is 28.7. The lowest BCUT2D eigenvalue weighted by atomic mass is 9.87. The van der Waals surface area contributed by atoms with Crippen LogP contribution >= 0.6 is 0 Å². The van der Waals surface area contributed by atoms with Crippen LogP contribution in [0.1, 0.15) is 92.4 Å². The van der Waals surface area contributed by atoms with Crippen molar-refractivity contribution in [1.29, 1.82) is 0 Å². The molecule has 0 fully saturated rings. The number of amides is 1. The van der Waals surface area contributed by atoms with E-state index in [4.69, 9.17) is 4.74 Å². The van der Waals surface area contributed by atoms with Gasteiger partial charge in [-0.25, -0.2) is 0 Å². The first kappa shape index (κ1) is 35.3. The summed E-state index contributed by atoms with van der Waals surface area (Å²) in [5, 5.41) is 12.9. The lowest BCUT2D eigenvalue weighted by Gasteiger charge is -2.29. The lowest BCUT2D eigenvalue weighted by molar-refractivity contribution is -0.153. The predicted octanol–water partition coefficient (Wildman–Crippen LogP) is 6.57. The second-order valence-electron chi connectivity index (χ2n) is 10.3. The van der Waals surface area contributed by atoms with Crippen molar-refractivity contribution in [3.05, 3.63) is 60.8 Å². The van der Waals surface area contributed by atoms with Gasteiger partial charge >= 0.3 is 5.97 Å². The topological polar surface area (TPSA) is 92.7 Å². The average molecular weight is 530 g/mol. The highest BCUT2D eigenvalue weighted by molar-refractivity contribution is 5.83. The second kappa shape index (κ2) is 22.3. The number of carbonyl (C=O) groups is 3. The minimum absolute atomic E-state index is 0.0533. The monoisotopic (exact) mass is 529 g/mol. The largest absolute Gasteiger partial charge is 0.465 e. The van der Waals surface area contributed by atoms with Gasteiger partial charge in [0.15, 0.2) is 0 Å². The Labute approximate surface area is 231 Å². The minimum Gasteiger partial charge on any atom is -0.465 e. The third-order valence-electron chi connectivity index (χ3n) is 5.82. The van der Waals surface area contributed by atoms with Crippen molar-refractivity contribution < 1.29 is 24.2 Å². The highest BCUT2D eigenvalue weighted by Crippen LogP contribution is 2.22. The number of ketones is 1. The number of Topliss-reactive ketones (excluding diaryl/α,β-unsaturated/α-hetero) is 1. The summed E-state index contributed by atoms with van der Waals surface area (Å²) in [4.78, 5) is 35.9. The maximum Gasteiger partial charge on any atom is 0.305 e. The molecule has 0 saturated carbocycles. The molecule has 0 aromatic heterocycles. The van der Waals surface area contributed by atoms with Crippen LogP contribution in [-0.4, -0.2) is 42.0 Å². The van der Waals surface area contributed by atoms with E-state index in [0.29, 0.717) is 6.42 Å². The van der Waals surface area contributed by atoms with Crippen molar-refractivity contribution in [1.82, 2.24) is 5.32 Å². The molecule has 214 valence electrons. The van der Waals surface area contributed by atoms with Crippen molar-refractivity contribution in [2.45, 2.75) is 98.5 Å². The molecule has 1 atom stereocenters. The molecule has 0 aliphatic heterocycles. The number of esters is 1. The minimum atomic E-state index is -1.34. The van der Waals surface area contributed by atoms with E-state index >= 15 is 0 Å². The van der Waals surface area contributed by atoms with Crippen LogP contribution in [0.5, 0.6) is 0 Å². The van der Waals surface area contributed by atoms with Crippen molar-refractivity contribution >= 4 is 17.7 Å². The molecule has 6 heteroatoms. The Morgan fingerprint density at radius 2 is 1.32 bits per heavy atom. The first-order valence-electron chi connectivity index (χ1n) is 14.0. The molecule has 0 aliphatic carbocycles. The number of ether oxygens (including phenoxy) is 1. The Hall–Kier alpha value is -2.73. The predicted molar refractivity (Wildman–Crippen MR) is 157 cm³/mol. The number of rotatable bonds is 21. The van der Waals surface area contributed by atoms with E-state index < -0.39 is 17.4 Å². The molecule has 0 aliphatic rings. The standard InChI is InChI=1S/C32H51NO5/c1-6-7-8-9-10-11-12-13-14-15-16-17-18-19-20-21-22-23-29(35)38-26-32(4,5)30(36)31(37)33-25-24-28(34)27(2)3/h7-8,10-11,13-14,16-17,19-20,27,30,36H,6,9,12,15,18,21-26H2,1-5H3,(H,33,37)/b8-7-,11-10-,14-13-,17-16-,20-19-/t30-/m0/s1. The van der Waals surface area contributed by atoms with Crippen LogP contribution in [-0.2, 0) is 19.1 Å². The highest BCUT2D eigenvalue weighted by atomic mass is 16.5. The number of hydrogen-bond donors (Lipinski definition) is 2. The summed E-state index contributed by atoms with van der Waals surface area (Å²) >= 11 is 0. The van der Waals surface area contributed by atoms with Crippen LogP contribution in [0.2, 0.25) is 0 Å². The molecule has 0 radical (unpaired) electrons. The summed E-state index contributed by atoms with van der Waals surface area (Å²) in [6, 6.07) is 0. The van der Waals surface area contributed by atoms with E-state index in [1.807, 2.05) is 0 Å². The van der Waals surface area contributed by atoms with Gasteiger partial charge in [-0.1, -0.05) is 95.4 Å². The quantitative estimate of drug-likeness (QED) is 0.0996. The molecule has 0 unspecified atom stereocenters. The summed E-state index contributed by atoms with van der Waals surface area (Å²) in [7, 11) is 0. The van der Waals surface area contributed by atoms with Gasteiger partial charge < -0.3 is 15.2 Å². The molecular weight excluding hydrogens is 478 g/mol. The molecule has 0 bridgehead atoms. The highest BCUT2D eigenvalue weighted by Gasteiger charge is 2.34. The molecule has 2 N–H and O–H groups in total. The fourth-order valence-electron chi connectivity index (χ4n) is 3.20. The number of unbranched alkanes of at least 4 members (excludes halogenated alkanes) is 1. The lowest BCUT2D eigenvalue weighted by Crippen LogP contribution is -2.46. The SMILES string of the molecule is CC/C=C\C/C=C\C/C=C\C/C=C\C/C=C\CCCC(=O)OCC(C)(C)[C@@H](O)C(=O)NCCC(=O)C(C)C.